The molecule has 0 aromatic carbocycles. The number of carbonyl (C=O) groups is 2. The van der Waals surface area contributed by atoms with Crippen LogP contribution in [0.2, 0.25) is 0 Å². The maximum atomic E-state index is 11.5. The summed E-state index contributed by atoms with van der Waals surface area (Å²) in [5.74, 6) is -0.797. The molecule has 0 aliphatic carbocycles. The van der Waals surface area contributed by atoms with Crippen LogP contribution < -0.4 is 11.1 Å². The summed E-state index contributed by atoms with van der Waals surface area (Å²) in [6.07, 6.45) is -0.0529. The van der Waals surface area contributed by atoms with E-state index in [0.29, 0.717) is 22.3 Å². The second-order valence-corrected chi connectivity index (χ2v) is 4.87. The minimum absolute atomic E-state index is 0.0529. The maximum absolute atomic E-state index is 11.5. The van der Waals surface area contributed by atoms with Crippen molar-refractivity contribution in [3.8, 4) is 0 Å². The van der Waals surface area contributed by atoms with Gasteiger partial charge in [0.25, 0.3) is 0 Å². The van der Waals surface area contributed by atoms with Crippen molar-refractivity contribution in [2.75, 3.05) is 11.9 Å². The van der Waals surface area contributed by atoms with Crippen molar-refractivity contribution in [2.24, 2.45) is 5.73 Å². The van der Waals surface area contributed by atoms with Gasteiger partial charge >= 0.3 is 5.97 Å². The number of esters is 1. The van der Waals surface area contributed by atoms with Crippen LogP contribution in [0.4, 0.5) is 5.13 Å². The van der Waals surface area contributed by atoms with E-state index < -0.39 is 5.97 Å². The first-order chi connectivity index (χ1) is 8.43. The molecule has 8 heteroatoms. The van der Waals surface area contributed by atoms with Gasteiger partial charge in [0.05, 0.1) is 23.7 Å². The fraction of sp³-hybridized carbons (Fsp3) is 0.400. The number of hydrogen-bond acceptors (Lipinski definition) is 6. The number of thiazole rings is 1. The number of amides is 1. The van der Waals surface area contributed by atoms with Gasteiger partial charge in [-0.2, -0.15) is 0 Å². The fourth-order valence-corrected chi connectivity index (χ4v) is 2.17. The summed E-state index contributed by atoms with van der Waals surface area (Å²) in [6.45, 7) is 3.68. The zero-order valence-electron chi connectivity index (χ0n) is 9.98. The number of ether oxygens (including phenoxy) is 1. The van der Waals surface area contributed by atoms with Crippen molar-refractivity contribution in [2.45, 2.75) is 20.3 Å². The highest BCUT2D eigenvalue weighted by molar-refractivity contribution is 7.80. The van der Waals surface area contributed by atoms with E-state index in [-0.39, 0.29) is 17.3 Å². The Morgan fingerprint density at radius 1 is 1.56 bits per heavy atom. The summed E-state index contributed by atoms with van der Waals surface area (Å²) in [4.78, 5) is 27.5. The van der Waals surface area contributed by atoms with Crippen molar-refractivity contribution in [3.05, 3.63) is 10.6 Å². The van der Waals surface area contributed by atoms with Gasteiger partial charge in [-0.1, -0.05) is 23.6 Å². The lowest BCUT2D eigenvalue weighted by molar-refractivity contribution is -0.115. The van der Waals surface area contributed by atoms with Crippen LogP contribution in [0.3, 0.4) is 0 Å². The van der Waals surface area contributed by atoms with E-state index in [1.807, 2.05) is 0 Å². The first-order valence-corrected chi connectivity index (χ1v) is 6.39. The molecule has 1 aromatic rings. The molecule has 0 saturated carbocycles. The zero-order chi connectivity index (χ0) is 13.7. The van der Waals surface area contributed by atoms with E-state index in [0.717, 1.165) is 11.3 Å². The largest absolute Gasteiger partial charge is 0.462 e. The van der Waals surface area contributed by atoms with Gasteiger partial charge in [0, 0.05) is 0 Å². The minimum atomic E-state index is -0.442. The summed E-state index contributed by atoms with van der Waals surface area (Å²) < 4.78 is 4.87. The zero-order valence-corrected chi connectivity index (χ0v) is 11.6. The summed E-state index contributed by atoms with van der Waals surface area (Å²) >= 11 is 5.68. The Hall–Kier alpha value is -1.54. The molecule has 1 amide bonds. The Kier molecular flexibility index (Phi) is 5.17. The Labute approximate surface area is 114 Å². The van der Waals surface area contributed by atoms with E-state index in [2.05, 4.69) is 22.5 Å². The third kappa shape index (κ3) is 4.04. The summed E-state index contributed by atoms with van der Waals surface area (Å²) in [5.41, 5.74) is 5.77. The van der Waals surface area contributed by atoms with Gasteiger partial charge in [-0.05, 0) is 13.8 Å². The first kappa shape index (κ1) is 14.5. The van der Waals surface area contributed by atoms with Crippen LogP contribution in [0.25, 0.3) is 0 Å². The van der Waals surface area contributed by atoms with Gasteiger partial charge in [0.1, 0.15) is 4.88 Å². The van der Waals surface area contributed by atoms with Crippen LogP contribution in [0.1, 0.15) is 28.7 Å². The Morgan fingerprint density at radius 3 is 2.78 bits per heavy atom. The summed E-state index contributed by atoms with van der Waals surface area (Å²) in [5, 5.41) is 2.86. The molecular weight excluding hydrogens is 274 g/mol. The molecule has 18 heavy (non-hydrogen) atoms. The number of rotatable bonds is 5. The van der Waals surface area contributed by atoms with Gasteiger partial charge in [0.2, 0.25) is 5.91 Å². The minimum Gasteiger partial charge on any atom is -0.462 e. The van der Waals surface area contributed by atoms with Crippen molar-refractivity contribution < 1.29 is 14.3 Å². The molecule has 1 rings (SSSR count). The molecular formula is C10H13N3O3S2. The lowest BCUT2D eigenvalue weighted by atomic mass is 10.4. The molecule has 0 bridgehead atoms. The molecule has 0 atom stereocenters. The second-order valence-electron chi connectivity index (χ2n) is 3.35. The van der Waals surface area contributed by atoms with Crippen LogP contribution in [-0.4, -0.2) is 28.5 Å². The second kappa shape index (κ2) is 6.41. The molecule has 1 aromatic heterocycles. The Balaban J connectivity index is 2.75. The van der Waals surface area contributed by atoms with E-state index in [1.165, 1.54) is 0 Å². The molecule has 0 fully saturated rings. The van der Waals surface area contributed by atoms with Gasteiger partial charge in [-0.3, -0.25) is 4.79 Å². The molecule has 0 radical (unpaired) electrons. The summed E-state index contributed by atoms with van der Waals surface area (Å²) in [6, 6.07) is 0. The topological polar surface area (TPSA) is 94.3 Å². The molecule has 0 saturated heterocycles. The highest BCUT2D eigenvalue weighted by Crippen LogP contribution is 2.23. The third-order valence-corrected chi connectivity index (χ3v) is 3.04. The van der Waals surface area contributed by atoms with Crippen LogP contribution in [0.15, 0.2) is 0 Å². The number of anilines is 1. The highest BCUT2D eigenvalue weighted by Gasteiger charge is 2.17. The molecule has 0 aliphatic rings. The SMILES string of the molecule is CCOC(=O)c1sc(NC(=O)CC(N)=S)nc1C. The van der Waals surface area contributed by atoms with Crippen molar-refractivity contribution in [3.63, 3.8) is 0 Å². The van der Waals surface area contributed by atoms with E-state index >= 15 is 0 Å². The smallest absolute Gasteiger partial charge is 0.350 e. The van der Waals surface area contributed by atoms with Gasteiger partial charge < -0.3 is 15.8 Å². The standard InChI is InChI=1S/C10H13N3O3S2/c1-3-16-9(15)8-5(2)12-10(18-8)13-7(14)4-6(11)17/h3-4H2,1-2H3,(H2,11,17)(H,12,13,14). The molecule has 98 valence electrons. The number of nitrogens with two attached hydrogens (primary N) is 1. The van der Waals surface area contributed by atoms with Gasteiger partial charge in [-0.15, -0.1) is 0 Å². The van der Waals surface area contributed by atoms with E-state index in [1.54, 1.807) is 13.8 Å². The quantitative estimate of drug-likeness (QED) is 0.625. The molecule has 1 heterocycles. The number of nitrogens with zero attached hydrogens (tertiary/aromatic N) is 1. The van der Waals surface area contributed by atoms with Crippen LogP contribution >= 0.6 is 23.6 Å². The van der Waals surface area contributed by atoms with Crippen molar-refractivity contribution in [1.82, 2.24) is 4.98 Å². The maximum Gasteiger partial charge on any atom is 0.350 e. The van der Waals surface area contributed by atoms with Crippen LogP contribution in [0, 0.1) is 6.92 Å². The predicted molar refractivity (Wildman–Crippen MR) is 72.8 cm³/mol. The first-order valence-electron chi connectivity index (χ1n) is 5.16. The molecule has 6 nitrogen and oxygen atoms in total. The molecule has 0 spiro atoms. The number of aryl methyl sites for hydroxylation is 1. The monoisotopic (exact) mass is 287 g/mol. The highest BCUT2D eigenvalue weighted by atomic mass is 32.1. The molecule has 3 N–H and O–H groups in total. The molecule has 0 aliphatic heterocycles. The number of thiocarbonyl (C=S) groups is 1. The number of aromatic nitrogens is 1. The predicted octanol–water partition coefficient (Wildman–Crippen LogP) is 1.24. The number of nitrogens with one attached hydrogen (secondary N) is 1. The average Bonchev–Trinajstić information content (AvgIpc) is 2.58. The summed E-state index contributed by atoms with van der Waals surface area (Å²) in [7, 11) is 0. The van der Waals surface area contributed by atoms with Crippen molar-refractivity contribution >= 4 is 45.6 Å². The number of hydrogen-bond donors (Lipinski definition) is 2. The van der Waals surface area contributed by atoms with Gasteiger partial charge in [0.15, 0.2) is 5.13 Å². The van der Waals surface area contributed by atoms with Crippen LogP contribution in [0.5, 0.6) is 0 Å². The van der Waals surface area contributed by atoms with E-state index in [9.17, 15) is 9.59 Å². The number of carbonyl (C=O) groups excluding carboxylic acids is 2. The lowest BCUT2D eigenvalue weighted by Crippen LogP contribution is -2.19. The average molecular weight is 287 g/mol. The van der Waals surface area contributed by atoms with Crippen molar-refractivity contribution in [1.29, 1.82) is 0 Å². The Morgan fingerprint density at radius 2 is 2.22 bits per heavy atom. The Bertz CT molecular complexity index is 485. The van der Waals surface area contributed by atoms with Crippen LogP contribution in [-0.2, 0) is 9.53 Å². The fourth-order valence-electron chi connectivity index (χ4n) is 1.16. The lowest BCUT2D eigenvalue weighted by Gasteiger charge is -1.99. The van der Waals surface area contributed by atoms with E-state index in [4.69, 9.17) is 10.5 Å². The molecule has 0 unspecified atom stereocenters. The van der Waals surface area contributed by atoms with Gasteiger partial charge in [-0.25, -0.2) is 9.78 Å². The normalized spacial score (nSPS) is 9.89. The third-order valence-electron chi connectivity index (χ3n) is 1.84.